The van der Waals surface area contributed by atoms with E-state index in [0.29, 0.717) is 6.42 Å². The standard InChI is InChI=1S/C17H21N3O3/c1-2-23-17(22)20-15(16(21)19-12-7-8-12)9-11-10-18-14-6-4-3-5-13(11)14/h3-6,10,12,15,18H,2,7-9H2,1H3,(H,19,21)(H,20,22)/t15-/m1/s1. The minimum Gasteiger partial charge on any atom is -0.450 e. The lowest BCUT2D eigenvalue weighted by atomic mass is 10.0. The summed E-state index contributed by atoms with van der Waals surface area (Å²) in [5.41, 5.74) is 2.01. The average molecular weight is 315 g/mol. The highest BCUT2D eigenvalue weighted by Gasteiger charge is 2.29. The number of para-hydroxylation sites is 1. The molecule has 1 atom stereocenters. The van der Waals surface area contributed by atoms with Gasteiger partial charge in [0.2, 0.25) is 5.91 Å². The van der Waals surface area contributed by atoms with Crippen LogP contribution in [0.2, 0.25) is 0 Å². The highest BCUT2D eigenvalue weighted by atomic mass is 16.5. The Bertz CT molecular complexity index is 706. The number of rotatable bonds is 6. The van der Waals surface area contributed by atoms with E-state index in [9.17, 15) is 9.59 Å². The van der Waals surface area contributed by atoms with Crippen molar-refractivity contribution in [2.24, 2.45) is 0 Å². The molecule has 1 aliphatic rings. The normalized spacial score (nSPS) is 15.2. The number of hydrogen-bond donors (Lipinski definition) is 3. The van der Waals surface area contributed by atoms with Gasteiger partial charge in [-0.1, -0.05) is 18.2 Å². The molecule has 0 aliphatic heterocycles. The van der Waals surface area contributed by atoms with Crippen molar-refractivity contribution in [1.82, 2.24) is 15.6 Å². The van der Waals surface area contributed by atoms with E-state index in [2.05, 4.69) is 15.6 Å². The predicted octanol–water partition coefficient (Wildman–Crippen LogP) is 2.10. The van der Waals surface area contributed by atoms with Crippen LogP contribution < -0.4 is 10.6 Å². The van der Waals surface area contributed by atoms with E-state index in [0.717, 1.165) is 29.3 Å². The van der Waals surface area contributed by atoms with Gasteiger partial charge in [-0.2, -0.15) is 0 Å². The van der Waals surface area contributed by atoms with E-state index >= 15 is 0 Å². The van der Waals surface area contributed by atoms with E-state index in [-0.39, 0.29) is 18.6 Å². The largest absolute Gasteiger partial charge is 0.450 e. The summed E-state index contributed by atoms with van der Waals surface area (Å²) in [6.07, 6.45) is 3.75. The summed E-state index contributed by atoms with van der Waals surface area (Å²) < 4.78 is 4.91. The summed E-state index contributed by atoms with van der Waals surface area (Å²) in [7, 11) is 0. The molecule has 1 saturated carbocycles. The molecule has 0 spiro atoms. The van der Waals surface area contributed by atoms with Crippen molar-refractivity contribution in [1.29, 1.82) is 0 Å². The van der Waals surface area contributed by atoms with Crippen molar-refractivity contribution >= 4 is 22.9 Å². The number of aromatic nitrogens is 1. The first-order chi connectivity index (χ1) is 11.2. The van der Waals surface area contributed by atoms with Crippen LogP contribution in [0.4, 0.5) is 4.79 Å². The first kappa shape index (κ1) is 15.4. The van der Waals surface area contributed by atoms with Gasteiger partial charge in [0.1, 0.15) is 6.04 Å². The molecular formula is C17H21N3O3. The van der Waals surface area contributed by atoms with Gasteiger partial charge < -0.3 is 20.4 Å². The summed E-state index contributed by atoms with van der Waals surface area (Å²) in [5, 5.41) is 6.67. The van der Waals surface area contributed by atoms with Gasteiger partial charge in [0.05, 0.1) is 6.61 Å². The minimum absolute atomic E-state index is 0.161. The Balaban J connectivity index is 1.76. The van der Waals surface area contributed by atoms with Crippen LogP contribution >= 0.6 is 0 Å². The Morgan fingerprint density at radius 1 is 1.35 bits per heavy atom. The maximum atomic E-state index is 12.4. The molecule has 3 N–H and O–H groups in total. The van der Waals surface area contributed by atoms with Gasteiger partial charge in [0.15, 0.2) is 0 Å². The zero-order chi connectivity index (χ0) is 16.2. The Kier molecular flexibility index (Phi) is 4.50. The number of carbonyl (C=O) groups is 2. The van der Waals surface area contributed by atoms with Gasteiger partial charge in [-0.3, -0.25) is 4.79 Å². The lowest BCUT2D eigenvalue weighted by molar-refractivity contribution is -0.123. The smallest absolute Gasteiger partial charge is 0.407 e. The molecule has 6 nitrogen and oxygen atoms in total. The van der Waals surface area contributed by atoms with E-state index < -0.39 is 12.1 Å². The predicted molar refractivity (Wildman–Crippen MR) is 87.1 cm³/mol. The Hall–Kier alpha value is -2.50. The van der Waals surface area contributed by atoms with Crippen LogP contribution in [0.3, 0.4) is 0 Å². The Morgan fingerprint density at radius 2 is 2.13 bits per heavy atom. The van der Waals surface area contributed by atoms with Crippen LogP contribution in [-0.2, 0) is 16.0 Å². The number of fused-ring (bicyclic) bond motifs is 1. The molecule has 2 aromatic rings. The number of aromatic amines is 1. The number of nitrogens with one attached hydrogen (secondary N) is 3. The SMILES string of the molecule is CCOC(=O)N[C@H](Cc1c[nH]c2ccccc12)C(=O)NC1CC1. The zero-order valence-corrected chi connectivity index (χ0v) is 13.1. The third-order valence-corrected chi connectivity index (χ3v) is 3.91. The van der Waals surface area contributed by atoms with Crippen LogP contribution in [0.15, 0.2) is 30.5 Å². The third-order valence-electron chi connectivity index (χ3n) is 3.91. The topological polar surface area (TPSA) is 83.2 Å². The number of hydrogen-bond acceptors (Lipinski definition) is 3. The van der Waals surface area contributed by atoms with E-state index in [1.165, 1.54) is 0 Å². The molecule has 122 valence electrons. The van der Waals surface area contributed by atoms with Crippen molar-refractivity contribution in [3.8, 4) is 0 Å². The molecule has 1 aliphatic carbocycles. The number of H-pyrrole nitrogens is 1. The monoisotopic (exact) mass is 315 g/mol. The summed E-state index contributed by atoms with van der Waals surface area (Å²) in [6.45, 7) is 2.01. The molecule has 3 rings (SSSR count). The molecule has 0 saturated heterocycles. The molecule has 1 heterocycles. The Labute approximate surface area is 134 Å². The lowest BCUT2D eigenvalue weighted by Crippen LogP contribution is -2.48. The second kappa shape index (κ2) is 6.73. The fraction of sp³-hybridized carbons (Fsp3) is 0.412. The van der Waals surface area contributed by atoms with Crippen molar-refractivity contribution in [2.75, 3.05) is 6.61 Å². The molecule has 1 aromatic heterocycles. The lowest BCUT2D eigenvalue weighted by Gasteiger charge is -2.18. The third kappa shape index (κ3) is 3.83. The van der Waals surface area contributed by atoms with E-state index in [1.807, 2.05) is 30.5 Å². The van der Waals surface area contributed by atoms with Crippen molar-refractivity contribution in [3.05, 3.63) is 36.0 Å². The number of amides is 2. The minimum atomic E-state index is -0.645. The second-order valence-corrected chi connectivity index (χ2v) is 5.76. The fourth-order valence-corrected chi connectivity index (χ4v) is 2.57. The van der Waals surface area contributed by atoms with E-state index in [1.54, 1.807) is 6.92 Å². The quantitative estimate of drug-likeness (QED) is 0.763. The molecule has 1 aromatic carbocycles. The highest BCUT2D eigenvalue weighted by molar-refractivity contribution is 5.88. The molecule has 0 unspecified atom stereocenters. The molecule has 6 heteroatoms. The second-order valence-electron chi connectivity index (χ2n) is 5.76. The van der Waals surface area contributed by atoms with Gasteiger partial charge in [0.25, 0.3) is 0 Å². The van der Waals surface area contributed by atoms with E-state index in [4.69, 9.17) is 4.74 Å². The van der Waals surface area contributed by atoms with Crippen molar-refractivity contribution < 1.29 is 14.3 Å². The van der Waals surface area contributed by atoms with Crippen LogP contribution in [0, 0.1) is 0 Å². The molecule has 0 radical (unpaired) electrons. The fourth-order valence-electron chi connectivity index (χ4n) is 2.57. The maximum Gasteiger partial charge on any atom is 0.407 e. The maximum absolute atomic E-state index is 12.4. The van der Waals surface area contributed by atoms with Gasteiger partial charge in [-0.15, -0.1) is 0 Å². The number of ether oxygens (including phenoxy) is 1. The summed E-state index contributed by atoms with van der Waals surface area (Å²) in [6, 6.07) is 7.50. The zero-order valence-electron chi connectivity index (χ0n) is 13.1. The van der Waals surface area contributed by atoms with Gasteiger partial charge in [-0.25, -0.2) is 4.79 Å². The van der Waals surface area contributed by atoms with Gasteiger partial charge >= 0.3 is 6.09 Å². The number of carbonyl (C=O) groups excluding carboxylic acids is 2. The Morgan fingerprint density at radius 3 is 2.87 bits per heavy atom. The van der Waals surface area contributed by atoms with Crippen LogP contribution in [-0.4, -0.2) is 35.7 Å². The van der Waals surface area contributed by atoms with Crippen LogP contribution in [0.1, 0.15) is 25.3 Å². The number of benzene rings is 1. The number of alkyl carbamates (subject to hydrolysis) is 1. The summed E-state index contributed by atoms with van der Waals surface area (Å²) in [4.78, 5) is 27.3. The highest BCUT2D eigenvalue weighted by Crippen LogP contribution is 2.21. The van der Waals surface area contributed by atoms with Crippen LogP contribution in [0.25, 0.3) is 10.9 Å². The summed E-state index contributed by atoms with van der Waals surface area (Å²) in [5.74, 6) is -0.161. The van der Waals surface area contributed by atoms with Crippen molar-refractivity contribution in [3.63, 3.8) is 0 Å². The molecule has 1 fully saturated rings. The molecule has 0 bridgehead atoms. The van der Waals surface area contributed by atoms with Crippen LogP contribution in [0.5, 0.6) is 0 Å². The molecule has 23 heavy (non-hydrogen) atoms. The molecular weight excluding hydrogens is 294 g/mol. The van der Waals surface area contributed by atoms with Gasteiger partial charge in [-0.05, 0) is 31.4 Å². The van der Waals surface area contributed by atoms with Crippen molar-refractivity contribution in [2.45, 2.75) is 38.3 Å². The average Bonchev–Trinajstić information content (AvgIpc) is 3.26. The molecule has 2 amide bonds. The first-order valence-electron chi connectivity index (χ1n) is 7.96. The van der Waals surface area contributed by atoms with Gasteiger partial charge in [0, 0.05) is 29.6 Å². The first-order valence-corrected chi connectivity index (χ1v) is 7.96. The summed E-state index contributed by atoms with van der Waals surface area (Å²) >= 11 is 0.